The number of pyridine rings is 1. The standard InChI is InChI=1S/C24H19N7OS2/c1-14(29-22-21-23(26-12-25-22)34-13-27-21)18-8-19-20(17(11-33-19)15-9-28-30(2)10-15)24(32)31(18)16-6-4-3-5-7-16/h3-14H,1-2H3,(H,25,26,29)/t14-/m0/s1. The second-order valence-electron chi connectivity index (χ2n) is 7.93. The predicted molar refractivity (Wildman–Crippen MR) is 137 cm³/mol. The molecule has 0 aliphatic carbocycles. The Morgan fingerprint density at radius 3 is 2.74 bits per heavy atom. The van der Waals surface area contributed by atoms with E-state index in [1.165, 1.54) is 17.7 Å². The lowest BCUT2D eigenvalue weighted by Crippen LogP contribution is -2.25. The lowest BCUT2D eigenvalue weighted by atomic mass is 10.1. The minimum Gasteiger partial charge on any atom is -0.360 e. The number of hydrogen-bond acceptors (Lipinski definition) is 8. The molecule has 6 rings (SSSR count). The van der Waals surface area contributed by atoms with Crippen LogP contribution in [0.25, 0.3) is 37.2 Å². The van der Waals surface area contributed by atoms with E-state index >= 15 is 0 Å². The van der Waals surface area contributed by atoms with Gasteiger partial charge in [0.2, 0.25) is 0 Å². The first-order valence-electron chi connectivity index (χ1n) is 10.6. The molecular formula is C24H19N7OS2. The molecule has 0 saturated heterocycles. The summed E-state index contributed by atoms with van der Waals surface area (Å²) in [4.78, 5) is 27.9. The van der Waals surface area contributed by atoms with Crippen molar-refractivity contribution in [2.75, 3.05) is 5.32 Å². The quantitative estimate of drug-likeness (QED) is 0.369. The molecule has 5 heterocycles. The number of anilines is 1. The van der Waals surface area contributed by atoms with Crippen molar-refractivity contribution in [2.24, 2.45) is 7.05 Å². The van der Waals surface area contributed by atoms with Crippen molar-refractivity contribution in [3.63, 3.8) is 0 Å². The van der Waals surface area contributed by atoms with Gasteiger partial charge in [0.25, 0.3) is 5.56 Å². The Bertz CT molecular complexity index is 1700. The second-order valence-corrected chi connectivity index (χ2v) is 9.68. The predicted octanol–water partition coefficient (Wildman–Crippen LogP) is 5.03. The smallest absolute Gasteiger partial charge is 0.264 e. The highest BCUT2D eigenvalue weighted by Gasteiger charge is 2.21. The molecule has 34 heavy (non-hydrogen) atoms. The zero-order valence-electron chi connectivity index (χ0n) is 18.3. The largest absolute Gasteiger partial charge is 0.360 e. The fourth-order valence-corrected chi connectivity index (χ4v) is 5.77. The van der Waals surface area contributed by atoms with Gasteiger partial charge in [-0.3, -0.25) is 14.0 Å². The molecule has 0 unspecified atom stereocenters. The van der Waals surface area contributed by atoms with E-state index in [2.05, 4.69) is 31.4 Å². The molecule has 5 aromatic heterocycles. The van der Waals surface area contributed by atoms with Gasteiger partial charge in [-0.25, -0.2) is 15.0 Å². The van der Waals surface area contributed by atoms with E-state index in [0.29, 0.717) is 11.2 Å². The number of nitrogens with zero attached hydrogens (tertiary/aromatic N) is 6. The summed E-state index contributed by atoms with van der Waals surface area (Å²) in [7, 11) is 1.87. The maximum Gasteiger partial charge on any atom is 0.264 e. The highest BCUT2D eigenvalue weighted by atomic mass is 32.1. The van der Waals surface area contributed by atoms with Gasteiger partial charge >= 0.3 is 0 Å². The molecule has 1 aromatic carbocycles. The Hall–Kier alpha value is -3.89. The van der Waals surface area contributed by atoms with Gasteiger partial charge in [0.1, 0.15) is 16.7 Å². The number of hydrogen-bond donors (Lipinski definition) is 1. The van der Waals surface area contributed by atoms with Crippen LogP contribution in [0.4, 0.5) is 5.82 Å². The number of rotatable bonds is 5. The van der Waals surface area contributed by atoms with Gasteiger partial charge in [-0.1, -0.05) is 18.2 Å². The molecule has 0 fully saturated rings. The first-order valence-corrected chi connectivity index (χ1v) is 12.4. The van der Waals surface area contributed by atoms with Crippen molar-refractivity contribution in [1.82, 2.24) is 29.3 Å². The van der Waals surface area contributed by atoms with Crippen LogP contribution in [0.3, 0.4) is 0 Å². The van der Waals surface area contributed by atoms with E-state index in [1.807, 2.05) is 55.9 Å². The Balaban J connectivity index is 1.55. The molecular weight excluding hydrogens is 466 g/mol. The number of thiazole rings is 1. The molecule has 1 N–H and O–H groups in total. The van der Waals surface area contributed by atoms with Crippen molar-refractivity contribution in [2.45, 2.75) is 13.0 Å². The van der Waals surface area contributed by atoms with E-state index in [4.69, 9.17) is 0 Å². The molecule has 0 bridgehead atoms. The Morgan fingerprint density at radius 2 is 1.94 bits per heavy atom. The SMILES string of the molecule is C[C@H](Nc1ncnc2scnc12)c1cc2scc(-c3cnn(C)c3)c2c(=O)n1-c1ccccc1. The summed E-state index contributed by atoms with van der Waals surface area (Å²) in [5, 5.41) is 10.5. The molecule has 1 atom stereocenters. The van der Waals surface area contributed by atoms with Crippen LogP contribution in [0.5, 0.6) is 0 Å². The second kappa shape index (κ2) is 8.15. The van der Waals surface area contributed by atoms with Crippen molar-refractivity contribution in [3.05, 3.63) is 82.1 Å². The first kappa shape index (κ1) is 20.7. The summed E-state index contributed by atoms with van der Waals surface area (Å²) < 4.78 is 4.46. The molecule has 0 aliphatic rings. The third kappa shape index (κ3) is 3.39. The highest BCUT2D eigenvalue weighted by molar-refractivity contribution is 7.17. The van der Waals surface area contributed by atoms with Gasteiger partial charge in [0, 0.05) is 45.8 Å². The van der Waals surface area contributed by atoms with Crippen LogP contribution in [0.15, 0.2) is 70.8 Å². The highest BCUT2D eigenvalue weighted by Crippen LogP contribution is 2.34. The van der Waals surface area contributed by atoms with Gasteiger partial charge < -0.3 is 5.32 Å². The topological polar surface area (TPSA) is 90.5 Å². The van der Waals surface area contributed by atoms with E-state index in [9.17, 15) is 4.79 Å². The van der Waals surface area contributed by atoms with Crippen LogP contribution in [0.1, 0.15) is 18.7 Å². The molecule has 0 aliphatic heterocycles. The Labute approximate surface area is 202 Å². The monoisotopic (exact) mass is 485 g/mol. The number of fused-ring (bicyclic) bond motifs is 2. The average molecular weight is 486 g/mol. The summed E-state index contributed by atoms with van der Waals surface area (Å²) in [6.07, 6.45) is 5.25. The molecule has 0 amide bonds. The maximum atomic E-state index is 14.0. The fourth-order valence-electron chi connectivity index (χ4n) is 4.14. The number of nitrogens with one attached hydrogen (secondary N) is 1. The normalized spacial score (nSPS) is 12.4. The van der Waals surface area contributed by atoms with Crippen LogP contribution in [-0.2, 0) is 7.05 Å². The summed E-state index contributed by atoms with van der Waals surface area (Å²) in [6, 6.07) is 11.6. The zero-order valence-corrected chi connectivity index (χ0v) is 20.0. The number of thiophene rings is 1. The molecule has 168 valence electrons. The molecule has 0 radical (unpaired) electrons. The summed E-state index contributed by atoms with van der Waals surface area (Å²) in [5.74, 6) is 0.646. The summed E-state index contributed by atoms with van der Waals surface area (Å²) in [6.45, 7) is 2.02. The lowest BCUT2D eigenvalue weighted by Gasteiger charge is -2.21. The molecule has 6 aromatic rings. The minimum atomic E-state index is -0.221. The van der Waals surface area contributed by atoms with E-state index < -0.39 is 0 Å². The Morgan fingerprint density at radius 1 is 1.09 bits per heavy atom. The van der Waals surface area contributed by atoms with Gasteiger partial charge in [-0.05, 0) is 25.1 Å². The molecule has 0 saturated carbocycles. The zero-order chi connectivity index (χ0) is 23.2. The Kier molecular flexibility index (Phi) is 4.96. The van der Waals surface area contributed by atoms with Gasteiger partial charge in [0.05, 0.1) is 23.1 Å². The number of para-hydroxylation sites is 1. The maximum absolute atomic E-state index is 14.0. The van der Waals surface area contributed by atoms with Crippen LogP contribution in [0, 0.1) is 0 Å². The van der Waals surface area contributed by atoms with Crippen molar-refractivity contribution < 1.29 is 0 Å². The number of benzene rings is 1. The average Bonchev–Trinajstić information content (AvgIpc) is 3.59. The molecule has 0 spiro atoms. The number of aromatic nitrogens is 6. The summed E-state index contributed by atoms with van der Waals surface area (Å²) in [5.41, 5.74) is 5.89. The number of aryl methyl sites for hydroxylation is 1. The van der Waals surface area contributed by atoms with Crippen molar-refractivity contribution >= 4 is 48.9 Å². The van der Waals surface area contributed by atoms with Crippen molar-refractivity contribution in [3.8, 4) is 16.8 Å². The van der Waals surface area contributed by atoms with E-state index in [0.717, 1.165) is 37.6 Å². The van der Waals surface area contributed by atoms with Crippen LogP contribution < -0.4 is 10.9 Å². The van der Waals surface area contributed by atoms with Crippen LogP contribution in [-0.4, -0.2) is 29.3 Å². The third-order valence-electron chi connectivity index (χ3n) is 5.74. The van der Waals surface area contributed by atoms with Crippen LogP contribution in [0.2, 0.25) is 0 Å². The van der Waals surface area contributed by atoms with Gasteiger partial charge in [-0.2, -0.15) is 5.10 Å². The summed E-state index contributed by atoms with van der Waals surface area (Å²) >= 11 is 3.03. The molecule has 10 heteroatoms. The fraction of sp³-hybridized carbons (Fsp3) is 0.125. The van der Waals surface area contributed by atoms with Gasteiger partial charge in [0.15, 0.2) is 5.82 Å². The third-order valence-corrected chi connectivity index (χ3v) is 7.40. The lowest BCUT2D eigenvalue weighted by molar-refractivity contribution is 0.768. The van der Waals surface area contributed by atoms with E-state index in [-0.39, 0.29) is 11.6 Å². The van der Waals surface area contributed by atoms with E-state index in [1.54, 1.807) is 32.3 Å². The minimum absolute atomic E-state index is 0.0612. The van der Waals surface area contributed by atoms with Crippen molar-refractivity contribution in [1.29, 1.82) is 0 Å². The van der Waals surface area contributed by atoms with Gasteiger partial charge in [-0.15, -0.1) is 22.7 Å². The van der Waals surface area contributed by atoms with Crippen LogP contribution >= 0.6 is 22.7 Å². The first-order chi connectivity index (χ1) is 16.6. The molecule has 8 nitrogen and oxygen atoms in total.